The van der Waals surface area contributed by atoms with Crippen LogP contribution in [0.5, 0.6) is 0 Å². The molecule has 0 aromatic carbocycles. The van der Waals surface area contributed by atoms with Crippen LogP contribution in [0, 0.1) is 0 Å². The first kappa shape index (κ1) is 11.8. The van der Waals surface area contributed by atoms with Gasteiger partial charge in [0, 0.05) is 21.8 Å². The molecule has 0 saturated carbocycles. The average Bonchev–Trinajstić information content (AvgIpc) is 2.20. The fourth-order valence-corrected chi connectivity index (χ4v) is 3.43. The zero-order valence-corrected chi connectivity index (χ0v) is 9.72. The highest BCUT2D eigenvalue weighted by molar-refractivity contribution is 7.85. The van der Waals surface area contributed by atoms with E-state index < -0.39 is 10.8 Å². The number of allylic oxidation sites excluding steroid dienone is 1. The Morgan fingerprint density at radius 1 is 1.50 bits per heavy atom. The molecule has 2 unspecified atom stereocenters. The molecule has 1 fully saturated rings. The molecule has 0 amide bonds. The largest absolute Gasteiger partial charge is 0.502 e. The van der Waals surface area contributed by atoms with Crippen molar-refractivity contribution in [1.82, 2.24) is 0 Å². The Bertz CT molecular complexity index is 201. The monoisotopic (exact) mass is 216 g/mol. The highest BCUT2D eigenvalue weighted by Crippen LogP contribution is 2.19. The minimum atomic E-state index is -0.559. The van der Waals surface area contributed by atoms with Gasteiger partial charge in [-0.3, -0.25) is 4.21 Å². The minimum Gasteiger partial charge on any atom is -0.502 e. The van der Waals surface area contributed by atoms with Crippen LogP contribution >= 0.6 is 0 Å². The third-order valence-electron chi connectivity index (χ3n) is 2.51. The van der Waals surface area contributed by atoms with Crippen LogP contribution in [-0.2, 0) is 15.5 Å². The van der Waals surface area contributed by atoms with E-state index in [1.54, 1.807) is 6.26 Å². The lowest BCUT2D eigenvalue weighted by molar-refractivity contribution is 0.240. The Morgan fingerprint density at radius 3 is 3.07 bits per heavy atom. The molecule has 2 atom stereocenters. The summed E-state index contributed by atoms with van der Waals surface area (Å²) in [5.41, 5.74) is 0. The van der Waals surface area contributed by atoms with Crippen molar-refractivity contribution in [3.63, 3.8) is 0 Å². The van der Waals surface area contributed by atoms with Gasteiger partial charge >= 0.3 is 0 Å². The quantitative estimate of drug-likeness (QED) is 0.521. The molecule has 1 saturated heterocycles. The first-order chi connectivity index (χ1) is 6.84. The molecule has 14 heavy (non-hydrogen) atoms. The van der Waals surface area contributed by atoms with Crippen molar-refractivity contribution in [2.24, 2.45) is 0 Å². The van der Waals surface area contributed by atoms with Crippen LogP contribution in [0.25, 0.3) is 0 Å². The van der Waals surface area contributed by atoms with E-state index in [1.807, 2.05) is 13.0 Å². The molecule has 2 nitrogen and oxygen atoms in total. The minimum absolute atomic E-state index is 0.443. The molecule has 0 aliphatic carbocycles. The molecule has 82 valence electrons. The van der Waals surface area contributed by atoms with E-state index in [2.05, 4.69) is 0 Å². The molecular formula is C11H20O2S. The number of rotatable bonds is 5. The first-order valence-corrected chi connectivity index (χ1v) is 6.82. The Morgan fingerprint density at radius 2 is 2.36 bits per heavy atom. The van der Waals surface area contributed by atoms with Gasteiger partial charge < -0.3 is 4.74 Å². The van der Waals surface area contributed by atoms with Gasteiger partial charge in [-0.1, -0.05) is 12.5 Å². The molecule has 0 bridgehead atoms. The summed E-state index contributed by atoms with van der Waals surface area (Å²) in [5, 5.41) is 0.443. The van der Waals surface area contributed by atoms with Gasteiger partial charge in [0.05, 0.1) is 12.9 Å². The fraction of sp³-hybridized carbons (Fsp3) is 0.818. The van der Waals surface area contributed by atoms with Crippen LogP contribution in [-0.4, -0.2) is 21.8 Å². The summed E-state index contributed by atoms with van der Waals surface area (Å²) in [7, 11) is -0.559. The highest BCUT2D eigenvalue weighted by atomic mass is 32.2. The zero-order chi connectivity index (χ0) is 10.2. The van der Waals surface area contributed by atoms with Gasteiger partial charge in [-0.15, -0.1) is 0 Å². The Balaban J connectivity index is 2.07. The number of ether oxygens (including phenoxy) is 1. The van der Waals surface area contributed by atoms with Gasteiger partial charge in [-0.25, -0.2) is 0 Å². The predicted octanol–water partition coefficient (Wildman–Crippen LogP) is 2.62. The molecule has 3 heteroatoms. The Labute approximate surface area is 89.2 Å². The average molecular weight is 216 g/mol. The third-order valence-corrected chi connectivity index (χ3v) is 4.42. The highest BCUT2D eigenvalue weighted by Gasteiger charge is 2.19. The van der Waals surface area contributed by atoms with E-state index in [4.69, 9.17) is 4.74 Å². The summed E-state index contributed by atoms with van der Waals surface area (Å²) in [4.78, 5) is 0. The third kappa shape index (κ3) is 4.27. The lowest BCUT2D eigenvalue weighted by Gasteiger charge is -2.20. The van der Waals surface area contributed by atoms with Crippen molar-refractivity contribution in [2.45, 2.75) is 44.3 Å². The molecule has 1 aliphatic rings. The van der Waals surface area contributed by atoms with Crippen LogP contribution < -0.4 is 0 Å². The van der Waals surface area contributed by atoms with Gasteiger partial charge in [0.2, 0.25) is 0 Å². The summed E-state index contributed by atoms with van der Waals surface area (Å²) < 4.78 is 16.8. The van der Waals surface area contributed by atoms with E-state index in [0.29, 0.717) is 5.25 Å². The summed E-state index contributed by atoms with van der Waals surface area (Å²) >= 11 is 0. The van der Waals surface area contributed by atoms with Crippen LogP contribution in [0.1, 0.15) is 39.0 Å². The van der Waals surface area contributed by atoms with Crippen molar-refractivity contribution in [3.8, 4) is 0 Å². The molecular weight excluding hydrogens is 196 g/mol. The SMILES string of the molecule is C/C=C/OCCCC1CCCCS1=O. The molecule has 0 aromatic rings. The predicted molar refractivity (Wildman–Crippen MR) is 60.6 cm³/mol. The second-order valence-corrected chi connectivity index (χ2v) is 5.52. The molecule has 1 rings (SSSR count). The maximum atomic E-state index is 11.6. The summed E-state index contributed by atoms with van der Waals surface area (Å²) in [6, 6.07) is 0. The molecule has 1 heterocycles. The van der Waals surface area contributed by atoms with Crippen molar-refractivity contribution < 1.29 is 8.95 Å². The molecule has 1 aliphatic heterocycles. The van der Waals surface area contributed by atoms with E-state index in [-0.39, 0.29) is 0 Å². The van der Waals surface area contributed by atoms with E-state index in [0.717, 1.165) is 38.0 Å². The van der Waals surface area contributed by atoms with E-state index in [9.17, 15) is 4.21 Å². The molecule has 0 radical (unpaired) electrons. The summed E-state index contributed by atoms with van der Waals surface area (Å²) in [6.45, 7) is 2.70. The second kappa shape index (κ2) is 7.04. The van der Waals surface area contributed by atoms with Crippen molar-refractivity contribution >= 4 is 10.8 Å². The van der Waals surface area contributed by atoms with Gasteiger partial charge in [0.1, 0.15) is 0 Å². The molecule has 0 aromatic heterocycles. The summed E-state index contributed by atoms with van der Waals surface area (Å²) in [6.07, 6.45) is 9.25. The van der Waals surface area contributed by atoms with Crippen LogP contribution in [0.4, 0.5) is 0 Å². The fourth-order valence-electron chi connectivity index (χ4n) is 1.75. The maximum absolute atomic E-state index is 11.6. The van der Waals surface area contributed by atoms with Gasteiger partial charge in [0.15, 0.2) is 0 Å². The van der Waals surface area contributed by atoms with Crippen LogP contribution in [0.2, 0.25) is 0 Å². The Kier molecular flexibility index (Phi) is 5.92. The first-order valence-electron chi connectivity index (χ1n) is 5.44. The number of hydrogen-bond acceptors (Lipinski definition) is 2. The van der Waals surface area contributed by atoms with Crippen molar-refractivity contribution in [2.75, 3.05) is 12.4 Å². The maximum Gasteiger partial charge on any atom is 0.0873 e. The van der Waals surface area contributed by atoms with Crippen LogP contribution in [0.15, 0.2) is 12.3 Å². The van der Waals surface area contributed by atoms with Gasteiger partial charge in [-0.05, 0) is 32.6 Å². The number of hydrogen-bond donors (Lipinski definition) is 0. The lowest BCUT2D eigenvalue weighted by atomic mass is 10.1. The molecule has 0 N–H and O–H groups in total. The lowest BCUT2D eigenvalue weighted by Crippen LogP contribution is -2.22. The van der Waals surface area contributed by atoms with Crippen LogP contribution in [0.3, 0.4) is 0 Å². The molecule has 0 spiro atoms. The standard InChI is InChI=1S/C11H20O2S/c1-2-8-13-9-5-7-11-6-3-4-10-14(11)12/h2,8,11H,3-7,9-10H2,1H3/b8-2+. The summed E-state index contributed by atoms with van der Waals surface area (Å²) in [5.74, 6) is 0.917. The normalized spacial score (nSPS) is 28.1. The Hall–Kier alpha value is -0.310. The van der Waals surface area contributed by atoms with Crippen molar-refractivity contribution in [1.29, 1.82) is 0 Å². The topological polar surface area (TPSA) is 26.3 Å². The van der Waals surface area contributed by atoms with E-state index in [1.165, 1.54) is 6.42 Å². The van der Waals surface area contributed by atoms with Gasteiger partial charge in [0.25, 0.3) is 0 Å². The van der Waals surface area contributed by atoms with E-state index >= 15 is 0 Å². The van der Waals surface area contributed by atoms with Crippen molar-refractivity contribution in [3.05, 3.63) is 12.3 Å². The smallest absolute Gasteiger partial charge is 0.0873 e. The van der Waals surface area contributed by atoms with Gasteiger partial charge in [-0.2, -0.15) is 0 Å². The zero-order valence-electron chi connectivity index (χ0n) is 8.91. The second-order valence-electron chi connectivity index (χ2n) is 3.69.